The predicted molar refractivity (Wildman–Crippen MR) is 72.6 cm³/mol. The number of aliphatic hydroxyl groups is 1. The van der Waals surface area contributed by atoms with Crippen molar-refractivity contribution in [2.75, 3.05) is 0 Å². The first-order valence-electron chi connectivity index (χ1n) is 6.77. The largest absolute Gasteiger partial charge is 0.418 e. The van der Waals surface area contributed by atoms with Crippen molar-refractivity contribution in [3.8, 4) is 11.5 Å². The predicted octanol–water partition coefficient (Wildman–Crippen LogP) is 2.92. The molecule has 3 N–H and O–H groups in total. The molecule has 1 aromatic heterocycles. The molecular formula is C14H16F3N3O2. The van der Waals surface area contributed by atoms with Crippen LogP contribution in [0.2, 0.25) is 0 Å². The maximum Gasteiger partial charge on any atom is 0.416 e. The fourth-order valence-corrected chi connectivity index (χ4v) is 1.97. The molecule has 0 aliphatic heterocycles. The highest BCUT2D eigenvalue weighted by Gasteiger charge is 2.31. The van der Waals surface area contributed by atoms with Crippen LogP contribution in [0.5, 0.6) is 0 Å². The quantitative estimate of drug-likeness (QED) is 0.886. The molecule has 22 heavy (non-hydrogen) atoms. The Balaban J connectivity index is 2.25. The summed E-state index contributed by atoms with van der Waals surface area (Å²) in [6.07, 6.45) is -4.27. The number of hydrogen-bond acceptors (Lipinski definition) is 5. The first-order chi connectivity index (χ1) is 10.3. The van der Waals surface area contributed by atoms with Crippen molar-refractivity contribution in [1.29, 1.82) is 0 Å². The molecule has 0 aliphatic rings. The molecule has 0 amide bonds. The smallest absolute Gasteiger partial charge is 0.416 e. The molecule has 2 atom stereocenters. The number of benzene rings is 1. The van der Waals surface area contributed by atoms with Crippen LogP contribution in [-0.2, 0) is 6.18 Å². The lowest BCUT2D eigenvalue weighted by molar-refractivity contribution is -0.137. The number of hydrogen-bond donors (Lipinski definition) is 2. The Labute approximate surface area is 125 Å². The van der Waals surface area contributed by atoms with Gasteiger partial charge in [0, 0.05) is 11.6 Å². The lowest BCUT2D eigenvalue weighted by Crippen LogP contribution is -2.28. The van der Waals surface area contributed by atoms with E-state index in [9.17, 15) is 18.3 Å². The Morgan fingerprint density at radius 2 is 2.05 bits per heavy atom. The van der Waals surface area contributed by atoms with Gasteiger partial charge in [-0.15, -0.1) is 10.2 Å². The van der Waals surface area contributed by atoms with Crippen LogP contribution >= 0.6 is 0 Å². The van der Waals surface area contributed by atoms with Crippen LogP contribution in [0.3, 0.4) is 0 Å². The average Bonchev–Trinajstić information content (AvgIpc) is 2.95. The van der Waals surface area contributed by atoms with Crippen LogP contribution in [0, 0.1) is 0 Å². The average molecular weight is 315 g/mol. The molecule has 0 saturated heterocycles. The van der Waals surface area contributed by atoms with E-state index in [0.717, 1.165) is 18.6 Å². The minimum Gasteiger partial charge on any atom is -0.418 e. The van der Waals surface area contributed by atoms with E-state index in [0.29, 0.717) is 6.42 Å². The molecule has 5 nitrogen and oxygen atoms in total. The Hall–Kier alpha value is -1.93. The third-order valence-electron chi connectivity index (χ3n) is 3.16. The van der Waals surface area contributed by atoms with Crippen molar-refractivity contribution < 1.29 is 22.7 Å². The summed E-state index contributed by atoms with van der Waals surface area (Å²) in [5.41, 5.74) is 5.08. The van der Waals surface area contributed by atoms with E-state index in [2.05, 4.69) is 10.2 Å². The molecule has 120 valence electrons. The summed E-state index contributed by atoms with van der Waals surface area (Å²) in [6.45, 7) is 1.91. The van der Waals surface area contributed by atoms with Crippen molar-refractivity contribution in [2.45, 2.75) is 38.1 Å². The first-order valence-corrected chi connectivity index (χ1v) is 6.77. The molecule has 8 heteroatoms. The molecule has 2 rings (SSSR count). The summed E-state index contributed by atoms with van der Waals surface area (Å²) in [5, 5.41) is 17.3. The number of aromatic nitrogens is 2. The lowest BCUT2D eigenvalue weighted by Gasteiger charge is -2.13. The summed E-state index contributed by atoms with van der Waals surface area (Å²) < 4.78 is 43.3. The van der Waals surface area contributed by atoms with Gasteiger partial charge >= 0.3 is 6.18 Å². The van der Waals surface area contributed by atoms with Gasteiger partial charge < -0.3 is 15.3 Å². The van der Waals surface area contributed by atoms with E-state index in [-0.39, 0.29) is 17.3 Å². The summed E-state index contributed by atoms with van der Waals surface area (Å²) in [4.78, 5) is 0. The molecule has 1 heterocycles. The van der Waals surface area contributed by atoms with Gasteiger partial charge in [-0.2, -0.15) is 13.2 Å². The topological polar surface area (TPSA) is 85.2 Å². The van der Waals surface area contributed by atoms with E-state index >= 15 is 0 Å². The molecule has 0 saturated carbocycles. The molecule has 0 bridgehead atoms. The maximum atomic E-state index is 12.7. The van der Waals surface area contributed by atoms with Gasteiger partial charge in [0.05, 0.1) is 5.56 Å². The summed E-state index contributed by atoms with van der Waals surface area (Å²) in [7, 11) is 0. The highest BCUT2D eigenvalue weighted by Crippen LogP contribution is 2.32. The van der Waals surface area contributed by atoms with E-state index in [4.69, 9.17) is 10.2 Å². The van der Waals surface area contributed by atoms with Gasteiger partial charge in [0.25, 0.3) is 0 Å². The van der Waals surface area contributed by atoms with Gasteiger partial charge in [-0.1, -0.05) is 19.4 Å². The lowest BCUT2D eigenvalue weighted by atomic mass is 10.1. The first kappa shape index (κ1) is 16.4. The number of alkyl halides is 3. The zero-order valence-electron chi connectivity index (χ0n) is 11.8. The number of rotatable bonds is 5. The normalized spacial score (nSPS) is 14.8. The van der Waals surface area contributed by atoms with Gasteiger partial charge in [-0.05, 0) is 24.6 Å². The molecule has 0 spiro atoms. The van der Waals surface area contributed by atoms with Crippen molar-refractivity contribution in [3.05, 3.63) is 35.7 Å². The minimum absolute atomic E-state index is 0.0937. The Kier molecular flexibility index (Phi) is 4.82. The highest BCUT2D eigenvalue weighted by atomic mass is 19.4. The van der Waals surface area contributed by atoms with Crippen LogP contribution in [-0.4, -0.2) is 21.3 Å². The molecule has 0 aliphatic carbocycles. The third kappa shape index (κ3) is 3.63. The van der Waals surface area contributed by atoms with E-state index in [1.165, 1.54) is 12.1 Å². The Morgan fingerprint density at radius 1 is 1.32 bits per heavy atom. The van der Waals surface area contributed by atoms with Gasteiger partial charge in [0.1, 0.15) is 6.10 Å². The minimum atomic E-state index is -4.46. The monoisotopic (exact) mass is 315 g/mol. The second-order valence-electron chi connectivity index (χ2n) is 4.92. The van der Waals surface area contributed by atoms with E-state index < -0.39 is 23.9 Å². The molecule has 2 aromatic rings. The molecule has 1 aromatic carbocycles. The van der Waals surface area contributed by atoms with Crippen molar-refractivity contribution in [1.82, 2.24) is 10.2 Å². The second kappa shape index (κ2) is 6.45. The third-order valence-corrected chi connectivity index (χ3v) is 3.16. The fourth-order valence-electron chi connectivity index (χ4n) is 1.97. The highest BCUT2D eigenvalue weighted by molar-refractivity contribution is 5.54. The molecule has 1 unspecified atom stereocenters. The molecule has 0 radical (unpaired) electrons. The number of aliphatic hydroxyl groups excluding tert-OH is 1. The van der Waals surface area contributed by atoms with Crippen LogP contribution in [0.1, 0.15) is 37.3 Å². The fraction of sp³-hybridized carbons (Fsp3) is 0.429. The zero-order chi connectivity index (χ0) is 16.3. The number of halogens is 3. The van der Waals surface area contributed by atoms with Crippen LogP contribution in [0.4, 0.5) is 13.2 Å². The van der Waals surface area contributed by atoms with E-state index in [1.54, 1.807) is 0 Å². The standard InChI is InChI=1S/C14H16F3N3O2/c1-2-4-10(18)11(21)13-20-19-12(22-13)8-5-3-6-9(7-8)14(15,16)17/h3,5-7,10-11,21H,2,4,18H2,1H3/t10?,11-/m0/s1. The van der Waals surface area contributed by atoms with Gasteiger partial charge in [-0.25, -0.2) is 0 Å². The van der Waals surface area contributed by atoms with Crippen molar-refractivity contribution in [3.63, 3.8) is 0 Å². The van der Waals surface area contributed by atoms with Crippen LogP contribution in [0.25, 0.3) is 11.5 Å². The zero-order valence-corrected chi connectivity index (χ0v) is 11.8. The van der Waals surface area contributed by atoms with Gasteiger partial charge in [0.15, 0.2) is 0 Å². The van der Waals surface area contributed by atoms with Crippen LogP contribution in [0.15, 0.2) is 28.7 Å². The SMILES string of the molecule is CCCC(N)[C@H](O)c1nnc(-c2cccc(C(F)(F)F)c2)o1. The Morgan fingerprint density at radius 3 is 2.68 bits per heavy atom. The summed E-state index contributed by atoms with van der Waals surface area (Å²) in [6, 6.07) is 3.97. The molecular weight excluding hydrogens is 299 g/mol. The maximum absolute atomic E-state index is 12.7. The van der Waals surface area contributed by atoms with Crippen LogP contribution < -0.4 is 5.73 Å². The van der Waals surface area contributed by atoms with Crippen molar-refractivity contribution in [2.24, 2.45) is 5.73 Å². The van der Waals surface area contributed by atoms with Gasteiger partial charge in [0.2, 0.25) is 11.8 Å². The summed E-state index contributed by atoms with van der Waals surface area (Å²) >= 11 is 0. The number of nitrogens with zero attached hydrogens (tertiary/aromatic N) is 2. The molecule has 0 fully saturated rings. The Bertz CT molecular complexity index is 628. The van der Waals surface area contributed by atoms with E-state index in [1.807, 2.05) is 6.92 Å². The second-order valence-corrected chi connectivity index (χ2v) is 4.92. The van der Waals surface area contributed by atoms with Crippen molar-refractivity contribution >= 4 is 0 Å². The van der Waals surface area contributed by atoms with Gasteiger partial charge in [-0.3, -0.25) is 0 Å². The summed E-state index contributed by atoms with van der Waals surface area (Å²) in [5.74, 6) is -0.197. The number of nitrogens with two attached hydrogens (primary N) is 1.